The molecule has 154 valence electrons. The second-order valence-corrected chi connectivity index (χ2v) is 8.78. The van der Waals surface area contributed by atoms with Crippen LogP contribution in [0.5, 0.6) is 5.75 Å². The fraction of sp³-hybridized carbons (Fsp3) is 0.316. The van der Waals surface area contributed by atoms with Gasteiger partial charge in [0.05, 0.1) is 24.1 Å². The molecule has 1 aromatic heterocycles. The van der Waals surface area contributed by atoms with E-state index >= 15 is 0 Å². The van der Waals surface area contributed by atoms with Crippen LogP contribution in [0.2, 0.25) is 0 Å². The van der Waals surface area contributed by atoms with E-state index in [2.05, 4.69) is 15.6 Å². The van der Waals surface area contributed by atoms with Crippen molar-refractivity contribution in [1.29, 1.82) is 0 Å². The smallest absolute Gasteiger partial charge is 0.242 e. The molecular formula is C19H23N5O4S. The normalized spacial score (nSPS) is 11.7. The molecule has 2 aromatic carbocycles. The summed E-state index contributed by atoms with van der Waals surface area (Å²) in [6.07, 6.45) is 0.222. The van der Waals surface area contributed by atoms with Gasteiger partial charge in [-0.15, -0.1) is 5.10 Å². The van der Waals surface area contributed by atoms with Crippen LogP contribution in [0.15, 0.2) is 47.4 Å². The topological polar surface area (TPSA) is 106 Å². The number of hydrogen-bond acceptors (Lipinski definition) is 6. The van der Waals surface area contributed by atoms with Crippen LogP contribution in [0, 0.1) is 0 Å². The molecule has 0 bridgehead atoms. The molecule has 0 atom stereocenters. The molecular weight excluding hydrogens is 394 g/mol. The zero-order chi connectivity index (χ0) is 21.0. The molecule has 0 saturated carbocycles. The molecule has 0 unspecified atom stereocenters. The van der Waals surface area contributed by atoms with Crippen molar-refractivity contribution in [2.75, 3.05) is 21.2 Å². The number of methoxy groups -OCH3 is 1. The van der Waals surface area contributed by atoms with Gasteiger partial charge in [-0.3, -0.25) is 4.79 Å². The first-order valence-corrected chi connectivity index (χ1v) is 10.4. The van der Waals surface area contributed by atoms with Gasteiger partial charge < -0.3 is 10.1 Å². The number of carbonyl (C=O) groups is 1. The summed E-state index contributed by atoms with van der Waals surface area (Å²) < 4.78 is 32.4. The molecule has 9 nitrogen and oxygen atoms in total. The highest BCUT2D eigenvalue weighted by Crippen LogP contribution is 2.19. The van der Waals surface area contributed by atoms with E-state index in [1.807, 2.05) is 24.3 Å². The molecule has 0 radical (unpaired) electrons. The summed E-state index contributed by atoms with van der Waals surface area (Å²) in [5, 5.41) is 10.9. The molecule has 3 rings (SSSR count). The second-order valence-electron chi connectivity index (χ2n) is 6.63. The van der Waals surface area contributed by atoms with Gasteiger partial charge in [0.2, 0.25) is 15.9 Å². The van der Waals surface area contributed by atoms with Crippen LogP contribution in [-0.2, 0) is 27.9 Å². The van der Waals surface area contributed by atoms with E-state index in [1.165, 1.54) is 26.2 Å². The van der Waals surface area contributed by atoms with Gasteiger partial charge in [0, 0.05) is 27.1 Å². The van der Waals surface area contributed by atoms with Crippen molar-refractivity contribution in [3.05, 3.63) is 48.0 Å². The van der Waals surface area contributed by atoms with Gasteiger partial charge >= 0.3 is 0 Å². The maximum Gasteiger partial charge on any atom is 0.242 e. The minimum atomic E-state index is -3.54. The highest BCUT2D eigenvalue weighted by Gasteiger charge is 2.18. The number of carbonyl (C=O) groups excluding carboxylic acids is 1. The number of ether oxygens (including phenoxy) is 1. The van der Waals surface area contributed by atoms with E-state index < -0.39 is 10.0 Å². The lowest BCUT2D eigenvalue weighted by molar-refractivity contribution is -0.121. The Morgan fingerprint density at radius 2 is 2.00 bits per heavy atom. The molecule has 1 heterocycles. The lowest BCUT2D eigenvalue weighted by Crippen LogP contribution is -2.24. The van der Waals surface area contributed by atoms with Crippen LogP contribution >= 0.6 is 0 Å². The van der Waals surface area contributed by atoms with Crippen molar-refractivity contribution in [2.24, 2.45) is 0 Å². The Morgan fingerprint density at radius 1 is 1.21 bits per heavy atom. The molecule has 0 aliphatic heterocycles. The van der Waals surface area contributed by atoms with Gasteiger partial charge in [0.1, 0.15) is 11.3 Å². The molecule has 1 N–H and O–H groups in total. The van der Waals surface area contributed by atoms with Crippen LogP contribution in [0.1, 0.15) is 12.0 Å². The summed E-state index contributed by atoms with van der Waals surface area (Å²) in [5.74, 6) is 0.616. The molecule has 0 aliphatic rings. The van der Waals surface area contributed by atoms with E-state index in [1.54, 1.807) is 17.9 Å². The average molecular weight is 417 g/mol. The number of rotatable bonds is 8. The van der Waals surface area contributed by atoms with Gasteiger partial charge in [-0.1, -0.05) is 17.3 Å². The van der Waals surface area contributed by atoms with Crippen molar-refractivity contribution in [1.82, 2.24) is 24.6 Å². The number of nitrogens with one attached hydrogen (secondary N) is 1. The van der Waals surface area contributed by atoms with Crippen LogP contribution in [-0.4, -0.2) is 54.8 Å². The standard InChI is InChI=1S/C19H23N5O4S/c1-23(2)29(26,27)16-7-8-18-17(12-16)21-22-24(18)10-9-19(25)20-13-14-5-4-6-15(11-14)28-3/h4-8,11-12H,9-10,13H2,1-3H3,(H,20,25). The Morgan fingerprint density at radius 3 is 2.72 bits per heavy atom. The summed E-state index contributed by atoms with van der Waals surface area (Å²) in [6, 6.07) is 12.1. The van der Waals surface area contributed by atoms with Gasteiger partial charge in [-0.25, -0.2) is 17.4 Å². The van der Waals surface area contributed by atoms with Gasteiger partial charge in [-0.2, -0.15) is 0 Å². The second kappa shape index (κ2) is 8.58. The van der Waals surface area contributed by atoms with E-state index in [9.17, 15) is 13.2 Å². The maximum atomic E-state index is 12.2. The monoisotopic (exact) mass is 417 g/mol. The first-order chi connectivity index (χ1) is 13.8. The summed E-state index contributed by atoms with van der Waals surface area (Å²) in [6.45, 7) is 0.736. The highest BCUT2D eigenvalue weighted by atomic mass is 32.2. The van der Waals surface area contributed by atoms with E-state index in [-0.39, 0.29) is 17.2 Å². The molecule has 10 heteroatoms. The van der Waals surface area contributed by atoms with Crippen LogP contribution < -0.4 is 10.1 Å². The predicted molar refractivity (Wildman–Crippen MR) is 108 cm³/mol. The number of nitrogens with zero attached hydrogens (tertiary/aromatic N) is 4. The van der Waals surface area contributed by atoms with Gasteiger partial charge in [0.25, 0.3) is 0 Å². The quantitative estimate of drug-likeness (QED) is 0.594. The van der Waals surface area contributed by atoms with E-state index in [0.717, 1.165) is 15.6 Å². The third-order valence-corrected chi connectivity index (χ3v) is 6.25. The molecule has 0 aliphatic carbocycles. The number of sulfonamides is 1. The third-order valence-electron chi connectivity index (χ3n) is 4.44. The molecule has 1 amide bonds. The highest BCUT2D eigenvalue weighted by molar-refractivity contribution is 7.89. The first kappa shape index (κ1) is 20.7. The fourth-order valence-electron chi connectivity index (χ4n) is 2.77. The zero-order valence-corrected chi connectivity index (χ0v) is 17.3. The Labute approximate surface area is 169 Å². The van der Waals surface area contributed by atoms with Crippen molar-refractivity contribution >= 4 is 27.0 Å². The Hall–Kier alpha value is -2.98. The van der Waals surface area contributed by atoms with Gasteiger partial charge in [0.15, 0.2) is 0 Å². The molecule has 0 saturated heterocycles. The van der Waals surface area contributed by atoms with Gasteiger partial charge in [-0.05, 0) is 35.9 Å². The molecule has 0 spiro atoms. The lowest BCUT2D eigenvalue weighted by atomic mass is 10.2. The van der Waals surface area contributed by atoms with Crippen molar-refractivity contribution in [3.63, 3.8) is 0 Å². The minimum Gasteiger partial charge on any atom is -0.497 e. The maximum absolute atomic E-state index is 12.2. The van der Waals surface area contributed by atoms with Crippen molar-refractivity contribution < 1.29 is 17.9 Å². The molecule has 3 aromatic rings. The summed E-state index contributed by atoms with van der Waals surface area (Å²) in [4.78, 5) is 12.3. The number of aryl methyl sites for hydroxylation is 1. The van der Waals surface area contributed by atoms with Crippen LogP contribution in [0.25, 0.3) is 11.0 Å². The number of aromatic nitrogens is 3. The summed E-state index contributed by atoms with van der Waals surface area (Å²) in [7, 11) is 1.00. The first-order valence-electron chi connectivity index (χ1n) is 8.96. The number of amides is 1. The Kier molecular flexibility index (Phi) is 6.14. The predicted octanol–water partition coefficient (Wildman–Crippen LogP) is 1.40. The summed E-state index contributed by atoms with van der Waals surface area (Å²) in [5.41, 5.74) is 2.08. The van der Waals surface area contributed by atoms with E-state index in [0.29, 0.717) is 24.1 Å². The zero-order valence-electron chi connectivity index (χ0n) is 16.5. The lowest BCUT2D eigenvalue weighted by Gasteiger charge is -2.11. The minimum absolute atomic E-state index is 0.122. The summed E-state index contributed by atoms with van der Waals surface area (Å²) >= 11 is 0. The van der Waals surface area contributed by atoms with Crippen molar-refractivity contribution in [3.8, 4) is 5.75 Å². The SMILES string of the molecule is COc1cccc(CNC(=O)CCn2nnc3cc(S(=O)(=O)N(C)C)ccc32)c1. The molecule has 0 fully saturated rings. The fourth-order valence-corrected chi connectivity index (χ4v) is 3.69. The number of hydrogen-bond donors (Lipinski definition) is 1. The number of fused-ring (bicyclic) bond motifs is 1. The average Bonchev–Trinajstić information content (AvgIpc) is 3.13. The Balaban J connectivity index is 1.62. The Bertz CT molecular complexity index is 1120. The number of benzene rings is 2. The third kappa shape index (κ3) is 4.72. The largest absolute Gasteiger partial charge is 0.497 e. The van der Waals surface area contributed by atoms with Crippen LogP contribution in [0.3, 0.4) is 0 Å². The van der Waals surface area contributed by atoms with Crippen LogP contribution in [0.4, 0.5) is 0 Å². The molecule has 29 heavy (non-hydrogen) atoms. The van der Waals surface area contributed by atoms with Crippen molar-refractivity contribution in [2.45, 2.75) is 24.4 Å². The van der Waals surface area contributed by atoms with E-state index in [4.69, 9.17) is 4.74 Å².